The standard InChI is InChI=1S/C8H7ClN4O2S2/c1-5-11-4-7(16-5)17(14,15)13-8-10-3-2-6(9)12-8/h2-4H,1H3,(H,10,12,13). The van der Waals surface area contributed by atoms with Crippen molar-refractivity contribution in [2.24, 2.45) is 0 Å². The van der Waals surface area contributed by atoms with Crippen LogP contribution in [0.1, 0.15) is 5.01 Å². The van der Waals surface area contributed by atoms with E-state index in [1.165, 1.54) is 18.5 Å². The highest BCUT2D eigenvalue weighted by Crippen LogP contribution is 2.20. The molecule has 2 heterocycles. The lowest BCUT2D eigenvalue weighted by molar-refractivity contribution is 0.602. The van der Waals surface area contributed by atoms with Crippen molar-refractivity contribution in [1.82, 2.24) is 15.0 Å². The predicted octanol–water partition coefficient (Wildman–Crippen LogP) is 1.70. The van der Waals surface area contributed by atoms with Crippen molar-refractivity contribution in [3.63, 3.8) is 0 Å². The Kier molecular flexibility index (Phi) is 3.27. The number of halogens is 1. The lowest BCUT2D eigenvalue weighted by atomic mass is 10.7. The number of thiazole rings is 1. The van der Waals surface area contributed by atoms with Gasteiger partial charge in [0.05, 0.1) is 11.2 Å². The summed E-state index contributed by atoms with van der Waals surface area (Å²) in [4.78, 5) is 11.4. The number of sulfonamides is 1. The lowest BCUT2D eigenvalue weighted by Crippen LogP contribution is -2.13. The summed E-state index contributed by atoms with van der Waals surface area (Å²) in [7, 11) is -3.69. The maximum atomic E-state index is 11.9. The molecule has 1 N–H and O–H groups in total. The van der Waals surface area contributed by atoms with E-state index in [0.717, 1.165) is 11.3 Å². The molecule has 0 radical (unpaired) electrons. The molecular weight excluding hydrogens is 284 g/mol. The van der Waals surface area contributed by atoms with Crippen molar-refractivity contribution in [3.05, 3.63) is 28.6 Å². The highest BCUT2D eigenvalue weighted by atomic mass is 35.5. The average Bonchev–Trinajstić information content (AvgIpc) is 2.65. The highest BCUT2D eigenvalue weighted by Gasteiger charge is 2.18. The molecular formula is C8H7ClN4O2S2. The van der Waals surface area contributed by atoms with Crippen LogP contribution in [0.5, 0.6) is 0 Å². The number of anilines is 1. The second-order valence-corrected chi connectivity index (χ2v) is 6.54. The summed E-state index contributed by atoms with van der Waals surface area (Å²) in [6.45, 7) is 1.72. The third kappa shape index (κ3) is 2.90. The SMILES string of the molecule is Cc1ncc(S(=O)(=O)Nc2nccc(Cl)n2)s1. The molecule has 0 saturated heterocycles. The van der Waals surface area contributed by atoms with E-state index in [4.69, 9.17) is 11.6 Å². The molecule has 0 atom stereocenters. The fraction of sp³-hybridized carbons (Fsp3) is 0.125. The first-order valence-corrected chi connectivity index (χ1v) is 7.09. The lowest BCUT2D eigenvalue weighted by Gasteiger charge is -2.03. The molecule has 0 aliphatic carbocycles. The largest absolute Gasteiger partial charge is 0.275 e. The van der Waals surface area contributed by atoms with Crippen molar-refractivity contribution in [3.8, 4) is 0 Å². The van der Waals surface area contributed by atoms with Crippen LogP contribution in [0.3, 0.4) is 0 Å². The minimum Gasteiger partial charge on any atom is -0.249 e. The van der Waals surface area contributed by atoms with E-state index >= 15 is 0 Å². The molecule has 6 nitrogen and oxygen atoms in total. The summed E-state index contributed by atoms with van der Waals surface area (Å²) >= 11 is 6.70. The van der Waals surface area contributed by atoms with E-state index in [-0.39, 0.29) is 15.3 Å². The molecule has 0 unspecified atom stereocenters. The van der Waals surface area contributed by atoms with Gasteiger partial charge in [0.2, 0.25) is 5.95 Å². The molecule has 0 amide bonds. The Hall–Kier alpha value is -1.25. The van der Waals surface area contributed by atoms with Crippen LogP contribution in [0, 0.1) is 6.92 Å². The van der Waals surface area contributed by atoms with Crippen LogP contribution in [0.2, 0.25) is 5.15 Å². The highest BCUT2D eigenvalue weighted by molar-refractivity contribution is 7.94. The second kappa shape index (κ2) is 4.55. The Labute approximate surface area is 107 Å². The molecule has 0 bridgehead atoms. The van der Waals surface area contributed by atoms with Gasteiger partial charge in [-0.3, -0.25) is 0 Å². The van der Waals surface area contributed by atoms with Gasteiger partial charge in [0, 0.05) is 6.20 Å². The van der Waals surface area contributed by atoms with Crippen LogP contribution in [-0.2, 0) is 10.0 Å². The molecule has 2 rings (SSSR count). The van der Waals surface area contributed by atoms with Gasteiger partial charge in [-0.1, -0.05) is 11.6 Å². The number of nitrogens with zero attached hydrogens (tertiary/aromatic N) is 3. The topological polar surface area (TPSA) is 84.8 Å². The third-order valence-corrected chi connectivity index (χ3v) is 4.62. The molecule has 17 heavy (non-hydrogen) atoms. The average molecular weight is 291 g/mol. The number of aryl methyl sites for hydroxylation is 1. The fourth-order valence-electron chi connectivity index (χ4n) is 1.02. The van der Waals surface area contributed by atoms with Crippen molar-refractivity contribution in [1.29, 1.82) is 0 Å². The Bertz CT molecular complexity index is 640. The Morgan fingerprint density at radius 3 is 2.76 bits per heavy atom. The van der Waals surface area contributed by atoms with E-state index in [9.17, 15) is 8.42 Å². The fourth-order valence-corrected chi connectivity index (χ4v) is 3.22. The van der Waals surface area contributed by atoms with Gasteiger partial charge < -0.3 is 0 Å². The predicted molar refractivity (Wildman–Crippen MR) is 64.7 cm³/mol. The van der Waals surface area contributed by atoms with Crippen LogP contribution in [0.4, 0.5) is 5.95 Å². The van der Waals surface area contributed by atoms with Crippen molar-refractivity contribution in [2.45, 2.75) is 11.1 Å². The van der Waals surface area contributed by atoms with Crippen LogP contribution in [0.15, 0.2) is 22.7 Å². The van der Waals surface area contributed by atoms with E-state index in [1.54, 1.807) is 6.92 Å². The number of hydrogen-bond donors (Lipinski definition) is 1. The zero-order chi connectivity index (χ0) is 12.5. The number of rotatable bonds is 3. The normalized spacial score (nSPS) is 11.4. The summed E-state index contributed by atoms with van der Waals surface area (Å²) in [6.07, 6.45) is 2.65. The molecule has 2 aromatic heterocycles. The number of hydrogen-bond acceptors (Lipinski definition) is 6. The van der Waals surface area contributed by atoms with Gasteiger partial charge in [-0.15, -0.1) is 11.3 Å². The molecule has 2 aromatic rings. The van der Waals surface area contributed by atoms with Gasteiger partial charge in [0.1, 0.15) is 5.15 Å². The first-order chi connectivity index (χ1) is 7.97. The van der Waals surface area contributed by atoms with Gasteiger partial charge in [-0.05, 0) is 13.0 Å². The molecule has 0 spiro atoms. The molecule has 0 aliphatic rings. The summed E-state index contributed by atoms with van der Waals surface area (Å²) in [5.41, 5.74) is 0. The Morgan fingerprint density at radius 1 is 1.41 bits per heavy atom. The van der Waals surface area contributed by atoms with Gasteiger partial charge >= 0.3 is 0 Å². The minimum atomic E-state index is -3.69. The van der Waals surface area contributed by atoms with Gasteiger partial charge in [-0.25, -0.2) is 28.1 Å². The van der Waals surface area contributed by atoms with Gasteiger partial charge in [0.15, 0.2) is 4.21 Å². The van der Waals surface area contributed by atoms with Crippen molar-refractivity contribution < 1.29 is 8.42 Å². The Morgan fingerprint density at radius 2 is 2.18 bits per heavy atom. The van der Waals surface area contributed by atoms with Crippen LogP contribution in [0.25, 0.3) is 0 Å². The zero-order valence-corrected chi connectivity index (χ0v) is 11.0. The number of nitrogens with one attached hydrogen (secondary N) is 1. The number of aromatic nitrogens is 3. The zero-order valence-electron chi connectivity index (χ0n) is 8.58. The minimum absolute atomic E-state index is 0.0662. The maximum Gasteiger partial charge on any atom is 0.275 e. The first-order valence-electron chi connectivity index (χ1n) is 4.41. The monoisotopic (exact) mass is 290 g/mol. The van der Waals surface area contributed by atoms with E-state index in [1.807, 2.05) is 0 Å². The van der Waals surface area contributed by atoms with E-state index in [0.29, 0.717) is 5.01 Å². The summed E-state index contributed by atoms with van der Waals surface area (Å²) in [5.74, 6) is -0.0662. The second-order valence-electron chi connectivity index (χ2n) is 3.01. The van der Waals surface area contributed by atoms with E-state index in [2.05, 4.69) is 19.7 Å². The molecule has 0 saturated carbocycles. The third-order valence-electron chi connectivity index (χ3n) is 1.71. The quantitative estimate of drug-likeness (QED) is 0.870. The molecule has 9 heteroatoms. The van der Waals surface area contributed by atoms with Crippen LogP contribution in [-0.4, -0.2) is 23.4 Å². The molecule has 0 fully saturated rings. The summed E-state index contributed by atoms with van der Waals surface area (Å²) in [6, 6.07) is 1.45. The van der Waals surface area contributed by atoms with Crippen molar-refractivity contribution in [2.75, 3.05) is 4.72 Å². The van der Waals surface area contributed by atoms with Gasteiger partial charge in [0.25, 0.3) is 10.0 Å². The van der Waals surface area contributed by atoms with Crippen LogP contribution >= 0.6 is 22.9 Å². The Balaban J connectivity index is 2.29. The maximum absolute atomic E-state index is 11.9. The smallest absolute Gasteiger partial charge is 0.249 e. The van der Waals surface area contributed by atoms with Crippen LogP contribution < -0.4 is 4.72 Å². The molecule has 0 aromatic carbocycles. The summed E-state index contributed by atoms with van der Waals surface area (Å²) < 4.78 is 26.1. The summed E-state index contributed by atoms with van der Waals surface area (Å²) in [5, 5.41) is 0.829. The molecule has 0 aliphatic heterocycles. The van der Waals surface area contributed by atoms with E-state index < -0.39 is 10.0 Å². The first kappa shape index (κ1) is 12.2. The molecule has 90 valence electrons. The van der Waals surface area contributed by atoms with Gasteiger partial charge in [-0.2, -0.15) is 0 Å². The van der Waals surface area contributed by atoms with Crippen molar-refractivity contribution >= 4 is 38.9 Å².